The fourth-order valence-electron chi connectivity index (χ4n) is 3.82. The van der Waals surface area contributed by atoms with E-state index in [2.05, 4.69) is 15.5 Å². The lowest BCUT2D eigenvalue weighted by Gasteiger charge is -2.23. The highest BCUT2D eigenvalue weighted by atomic mass is 19.1. The van der Waals surface area contributed by atoms with Crippen LogP contribution in [0.4, 0.5) is 10.1 Å². The number of carbonyl (C=O) groups excluding carboxylic acids is 2. The molecule has 1 heterocycles. The van der Waals surface area contributed by atoms with Crippen LogP contribution in [0.3, 0.4) is 0 Å². The third-order valence-corrected chi connectivity index (χ3v) is 5.67. The van der Waals surface area contributed by atoms with Gasteiger partial charge in [-0.25, -0.2) is 4.39 Å². The Morgan fingerprint density at radius 1 is 1.13 bits per heavy atom. The molecule has 3 rings (SSSR count). The van der Waals surface area contributed by atoms with E-state index >= 15 is 0 Å². The van der Waals surface area contributed by atoms with E-state index in [1.54, 1.807) is 18.2 Å². The Kier molecular flexibility index (Phi) is 7.08. The zero-order chi connectivity index (χ0) is 21.7. The monoisotopic (exact) mass is 411 g/mol. The van der Waals surface area contributed by atoms with Gasteiger partial charge in [-0.05, 0) is 61.1 Å². The van der Waals surface area contributed by atoms with Gasteiger partial charge < -0.3 is 15.5 Å². The number of rotatable bonds is 7. The van der Waals surface area contributed by atoms with E-state index in [0.29, 0.717) is 18.0 Å². The van der Waals surface area contributed by atoms with Crippen molar-refractivity contribution in [3.8, 4) is 0 Å². The maximum Gasteiger partial charge on any atom is 0.252 e. The van der Waals surface area contributed by atoms with Crippen molar-refractivity contribution in [2.45, 2.75) is 33.2 Å². The van der Waals surface area contributed by atoms with E-state index in [4.69, 9.17) is 0 Å². The Morgan fingerprint density at radius 3 is 2.50 bits per heavy atom. The lowest BCUT2D eigenvalue weighted by Crippen LogP contribution is -2.50. The Bertz CT molecular complexity index is 882. The molecule has 0 aliphatic carbocycles. The second kappa shape index (κ2) is 9.74. The molecule has 2 N–H and O–H groups in total. The third-order valence-electron chi connectivity index (χ3n) is 5.67. The van der Waals surface area contributed by atoms with E-state index in [1.165, 1.54) is 12.1 Å². The zero-order valence-corrected chi connectivity index (χ0v) is 17.8. The summed E-state index contributed by atoms with van der Waals surface area (Å²) in [6.07, 6.45) is 0.958. The molecule has 2 aromatic carbocycles. The van der Waals surface area contributed by atoms with Crippen LogP contribution in [0.2, 0.25) is 0 Å². The summed E-state index contributed by atoms with van der Waals surface area (Å²) in [5.41, 5.74) is 2.46. The molecular formula is C24H30FN3O2. The van der Waals surface area contributed by atoms with Crippen LogP contribution in [-0.2, 0) is 4.79 Å². The minimum atomic E-state index is -0.591. The predicted octanol–water partition coefficient (Wildman–Crippen LogP) is 3.53. The second-order valence-electron chi connectivity index (χ2n) is 8.33. The molecule has 1 fully saturated rings. The summed E-state index contributed by atoms with van der Waals surface area (Å²) in [5.74, 6) is -0.345. The highest BCUT2D eigenvalue weighted by Gasteiger charge is 2.27. The third kappa shape index (κ3) is 5.38. The van der Waals surface area contributed by atoms with E-state index in [1.807, 2.05) is 39.0 Å². The van der Waals surface area contributed by atoms with E-state index in [-0.39, 0.29) is 23.5 Å². The van der Waals surface area contributed by atoms with Gasteiger partial charge in [0.1, 0.15) is 11.9 Å². The molecule has 5 nitrogen and oxygen atoms in total. The average Bonchev–Trinajstić information content (AvgIpc) is 3.19. The Morgan fingerprint density at radius 2 is 1.83 bits per heavy atom. The molecule has 2 aromatic rings. The first-order chi connectivity index (χ1) is 14.3. The molecule has 0 aromatic heterocycles. The number of hydrogen-bond acceptors (Lipinski definition) is 3. The number of nitrogens with one attached hydrogen (secondary N) is 2. The summed E-state index contributed by atoms with van der Waals surface area (Å²) >= 11 is 0. The van der Waals surface area contributed by atoms with Gasteiger partial charge in [0.25, 0.3) is 5.91 Å². The van der Waals surface area contributed by atoms with E-state index in [0.717, 1.165) is 30.8 Å². The molecule has 1 aliphatic heterocycles. The van der Waals surface area contributed by atoms with Crippen LogP contribution >= 0.6 is 0 Å². The average molecular weight is 412 g/mol. The first-order valence-electron chi connectivity index (χ1n) is 10.5. The van der Waals surface area contributed by atoms with Gasteiger partial charge in [-0.1, -0.05) is 32.0 Å². The number of nitrogens with zero attached hydrogens (tertiary/aromatic N) is 1. The summed E-state index contributed by atoms with van der Waals surface area (Å²) in [6, 6.07) is 13.3. The molecule has 2 amide bonds. The minimum Gasteiger partial charge on any atom is -0.371 e. The smallest absolute Gasteiger partial charge is 0.252 e. The van der Waals surface area contributed by atoms with Crippen LogP contribution in [-0.4, -0.2) is 37.5 Å². The largest absolute Gasteiger partial charge is 0.371 e. The van der Waals surface area contributed by atoms with Gasteiger partial charge in [-0.15, -0.1) is 0 Å². The number of benzene rings is 2. The van der Waals surface area contributed by atoms with Gasteiger partial charge in [-0.3, -0.25) is 9.59 Å². The van der Waals surface area contributed by atoms with Gasteiger partial charge in [0, 0.05) is 30.9 Å². The van der Waals surface area contributed by atoms with Gasteiger partial charge in [0.15, 0.2) is 0 Å². The summed E-state index contributed by atoms with van der Waals surface area (Å²) in [6.45, 7) is 7.98. The molecular weight excluding hydrogens is 381 g/mol. The predicted molar refractivity (Wildman–Crippen MR) is 117 cm³/mol. The van der Waals surface area contributed by atoms with Crippen molar-refractivity contribution < 1.29 is 14.0 Å². The van der Waals surface area contributed by atoms with Crippen LogP contribution in [0.25, 0.3) is 0 Å². The fourth-order valence-corrected chi connectivity index (χ4v) is 3.82. The summed E-state index contributed by atoms with van der Waals surface area (Å²) in [4.78, 5) is 27.7. The number of aryl methyl sites for hydroxylation is 1. The Hall–Kier alpha value is -2.89. The quantitative estimate of drug-likeness (QED) is 0.733. The highest BCUT2D eigenvalue weighted by Crippen LogP contribution is 2.23. The normalized spacial score (nSPS) is 17.1. The molecule has 0 saturated carbocycles. The molecule has 1 aliphatic rings. The first-order valence-corrected chi connectivity index (χ1v) is 10.5. The SMILES string of the molecule is Cc1ccccc1C(=O)NC(C(=O)NCC1CCN(c2ccc(F)cc2)C1)C(C)C. The molecule has 0 bridgehead atoms. The lowest BCUT2D eigenvalue weighted by atomic mass is 10.0. The highest BCUT2D eigenvalue weighted by molar-refractivity contribution is 5.98. The lowest BCUT2D eigenvalue weighted by molar-refractivity contribution is -0.124. The number of carbonyl (C=O) groups is 2. The van der Waals surface area contributed by atoms with Gasteiger partial charge in [-0.2, -0.15) is 0 Å². The van der Waals surface area contributed by atoms with Crippen molar-refractivity contribution in [1.82, 2.24) is 10.6 Å². The Labute approximate surface area is 177 Å². The second-order valence-corrected chi connectivity index (χ2v) is 8.33. The Balaban J connectivity index is 1.54. The van der Waals surface area contributed by atoms with Crippen LogP contribution in [0.15, 0.2) is 48.5 Å². The molecule has 6 heteroatoms. The summed E-state index contributed by atoms with van der Waals surface area (Å²) < 4.78 is 13.1. The molecule has 0 spiro atoms. The van der Waals surface area contributed by atoms with Gasteiger partial charge in [0.05, 0.1) is 0 Å². The minimum absolute atomic E-state index is 0.0303. The van der Waals surface area contributed by atoms with Crippen LogP contribution in [0.1, 0.15) is 36.2 Å². The topological polar surface area (TPSA) is 61.4 Å². The molecule has 1 saturated heterocycles. The fraction of sp³-hybridized carbons (Fsp3) is 0.417. The van der Waals surface area contributed by atoms with Crippen LogP contribution < -0.4 is 15.5 Å². The van der Waals surface area contributed by atoms with Crippen molar-refractivity contribution in [3.63, 3.8) is 0 Å². The molecule has 0 radical (unpaired) electrons. The van der Waals surface area contributed by atoms with Crippen molar-refractivity contribution in [2.24, 2.45) is 11.8 Å². The molecule has 2 unspecified atom stereocenters. The number of hydrogen-bond donors (Lipinski definition) is 2. The van der Waals surface area contributed by atoms with Crippen molar-refractivity contribution in [2.75, 3.05) is 24.5 Å². The zero-order valence-electron chi connectivity index (χ0n) is 17.8. The molecule has 160 valence electrons. The molecule has 30 heavy (non-hydrogen) atoms. The van der Waals surface area contributed by atoms with Crippen molar-refractivity contribution >= 4 is 17.5 Å². The summed E-state index contributed by atoms with van der Waals surface area (Å²) in [5, 5.41) is 5.91. The number of amides is 2. The first kappa shape index (κ1) is 21.8. The standard InChI is InChI=1S/C24H30FN3O2/c1-16(2)22(27-23(29)21-7-5-4-6-17(21)3)24(30)26-14-18-12-13-28(15-18)20-10-8-19(25)9-11-20/h4-11,16,18,22H,12-15H2,1-3H3,(H,26,30)(H,27,29). The molecule has 2 atom stereocenters. The maximum atomic E-state index is 13.1. The summed E-state index contributed by atoms with van der Waals surface area (Å²) in [7, 11) is 0. The maximum absolute atomic E-state index is 13.1. The van der Waals surface area contributed by atoms with E-state index < -0.39 is 6.04 Å². The van der Waals surface area contributed by atoms with E-state index in [9.17, 15) is 14.0 Å². The van der Waals surface area contributed by atoms with Gasteiger partial charge in [0.2, 0.25) is 5.91 Å². The van der Waals surface area contributed by atoms with Crippen molar-refractivity contribution in [3.05, 3.63) is 65.5 Å². The van der Waals surface area contributed by atoms with Crippen molar-refractivity contribution in [1.29, 1.82) is 0 Å². The van der Waals surface area contributed by atoms with Crippen LogP contribution in [0, 0.1) is 24.6 Å². The number of halogens is 1. The number of anilines is 1. The van der Waals surface area contributed by atoms with Gasteiger partial charge >= 0.3 is 0 Å². The van der Waals surface area contributed by atoms with Crippen LogP contribution in [0.5, 0.6) is 0 Å².